The number of aryl methyl sites for hydroxylation is 1. The summed E-state index contributed by atoms with van der Waals surface area (Å²) in [5.41, 5.74) is 7.59. The fraction of sp³-hybridized carbons (Fsp3) is 0.462. The first-order chi connectivity index (χ1) is 9.20. The van der Waals surface area contributed by atoms with Crippen molar-refractivity contribution in [3.05, 3.63) is 29.8 Å². The van der Waals surface area contributed by atoms with Gasteiger partial charge in [-0.3, -0.25) is 0 Å². The summed E-state index contributed by atoms with van der Waals surface area (Å²) in [4.78, 5) is 8.64. The fourth-order valence-corrected chi connectivity index (χ4v) is 1.73. The summed E-state index contributed by atoms with van der Waals surface area (Å²) in [5, 5.41) is 3.92. The summed E-state index contributed by atoms with van der Waals surface area (Å²) in [5.74, 6) is 0.912. The van der Waals surface area contributed by atoms with Gasteiger partial charge in [-0.1, -0.05) is 11.2 Å². The smallest absolute Gasteiger partial charge is 0.243 e. The average molecular weight is 262 g/mol. The van der Waals surface area contributed by atoms with Gasteiger partial charge in [0, 0.05) is 19.4 Å². The van der Waals surface area contributed by atoms with Crippen molar-refractivity contribution in [3.8, 4) is 11.5 Å². The molecule has 2 rings (SSSR count). The molecule has 2 aromatic heterocycles. The molecule has 0 aromatic carbocycles. The van der Waals surface area contributed by atoms with Crippen LogP contribution in [0.5, 0.6) is 0 Å². The van der Waals surface area contributed by atoms with E-state index in [4.69, 9.17) is 15.0 Å². The van der Waals surface area contributed by atoms with E-state index in [0.717, 1.165) is 18.5 Å². The molecule has 6 heteroatoms. The minimum absolute atomic E-state index is 0.263. The highest BCUT2D eigenvalue weighted by Gasteiger charge is 2.16. The van der Waals surface area contributed by atoms with Crippen LogP contribution < -0.4 is 5.73 Å². The van der Waals surface area contributed by atoms with Gasteiger partial charge in [0.05, 0.1) is 6.04 Å². The maximum atomic E-state index is 5.98. The monoisotopic (exact) mass is 262 g/mol. The van der Waals surface area contributed by atoms with Crippen molar-refractivity contribution in [2.24, 2.45) is 5.73 Å². The molecule has 102 valence electrons. The number of aromatic nitrogens is 3. The Kier molecular flexibility index (Phi) is 4.59. The molecule has 0 amide bonds. The van der Waals surface area contributed by atoms with Gasteiger partial charge in [-0.2, -0.15) is 4.98 Å². The van der Waals surface area contributed by atoms with Crippen LogP contribution in [0.2, 0.25) is 0 Å². The summed E-state index contributed by atoms with van der Waals surface area (Å²) in [7, 11) is 1.67. The molecule has 0 saturated heterocycles. The molecular formula is C13H18N4O2. The molecule has 0 saturated carbocycles. The van der Waals surface area contributed by atoms with E-state index in [9.17, 15) is 0 Å². The van der Waals surface area contributed by atoms with Crippen LogP contribution in [0, 0.1) is 6.92 Å². The second-order valence-corrected chi connectivity index (χ2v) is 4.36. The van der Waals surface area contributed by atoms with Gasteiger partial charge in [0.2, 0.25) is 11.7 Å². The van der Waals surface area contributed by atoms with Crippen LogP contribution in [0.4, 0.5) is 0 Å². The molecule has 1 unspecified atom stereocenters. The lowest BCUT2D eigenvalue weighted by atomic mass is 10.2. The molecule has 2 N–H and O–H groups in total. The fourth-order valence-electron chi connectivity index (χ4n) is 1.73. The predicted molar refractivity (Wildman–Crippen MR) is 70.3 cm³/mol. The van der Waals surface area contributed by atoms with E-state index in [1.165, 1.54) is 0 Å². The van der Waals surface area contributed by atoms with Crippen molar-refractivity contribution in [3.63, 3.8) is 0 Å². The number of rotatable bonds is 6. The van der Waals surface area contributed by atoms with E-state index >= 15 is 0 Å². The minimum Gasteiger partial charge on any atom is -0.385 e. The molecule has 19 heavy (non-hydrogen) atoms. The lowest BCUT2D eigenvalue weighted by molar-refractivity contribution is 0.188. The zero-order chi connectivity index (χ0) is 13.7. The molecule has 0 fully saturated rings. The molecule has 2 heterocycles. The molecule has 0 radical (unpaired) electrons. The van der Waals surface area contributed by atoms with Crippen LogP contribution in [0.3, 0.4) is 0 Å². The Hall–Kier alpha value is -1.79. The minimum atomic E-state index is -0.263. The molecule has 0 aliphatic heterocycles. The highest BCUT2D eigenvalue weighted by atomic mass is 16.5. The van der Waals surface area contributed by atoms with E-state index in [1.54, 1.807) is 7.11 Å². The number of hydrogen-bond donors (Lipinski definition) is 1. The standard InChI is InChI=1S/C13H18N4O2/c1-9-5-3-7-11(15-9)12-16-13(19-17-12)10(14)6-4-8-18-2/h3,5,7,10H,4,6,8,14H2,1-2H3. The lowest BCUT2D eigenvalue weighted by Gasteiger charge is -2.04. The predicted octanol–water partition coefficient (Wildman–Crippen LogP) is 1.87. The zero-order valence-corrected chi connectivity index (χ0v) is 11.2. The first-order valence-electron chi connectivity index (χ1n) is 6.23. The molecule has 0 aliphatic carbocycles. The van der Waals surface area contributed by atoms with Crippen molar-refractivity contribution in [2.45, 2.75) is 25.8 Å². The summed E-state index contributed by atoms with van der Waals surface area (Å²) in [6.45, 7) is 2.59. The Morgan fingerprint density at radius 2 is 2.21 bits per heavy atom. The van der Waals surface area contributed by atoms with E-state index in [-0.39, 0.29) is 6.04 Å². The van der Waals surface area contributed by atoms with Crippen LogP contribution in [0.15, 0.2) is 22.7 Å². The molecule has 1 atom stereocenters. The molecule has 0 spiro atoms. The summed E-state index contributed by atoms with van der Waals surface area (Å²) >= 11 is 0. The van der Waals surface area contributed by atoms with Gasteiger partial charge in [-0.25, -0.2) is 4.98 Å². The van der Waals surface area contributed by atoms with Crippen LogP contribution >= 0.6 is 0 Å². The van der Waals surface area contributed by atoms with E-state index in [1.807, 2.05) is 25.1 Å². The van der Waals surface area contributed by atoms with Gasteiger partial charge in [-0.05, 0) is 31.9 Å². The third kappa shape index (κ3) is 3.59. The average Bonchev–Trinajstić information content (AvgIpc) is 2.88. The van der Waals surface area contributed by atoms with Crippen LogP contribution in [0.1, 0.15) is 30.5 Å². The van der Waals surface area contributed by atoms with Crippen molar-refractivity contribution in [2.75, 3.05) is 13.7 Å². The Morgan fingerprint density at radius 3 is 2.95 bits per heavy atom. The van der Waals surface area contributed by atoms with Gasteiger partial charge < -0.3 is 15.0 Å². The SMILES string of the molecule is COCCCC(N)c1nc(-c2cccc(C)n2)no1. The van der Waals surface area contributed by atoms with Gasteiger partial charge in [-0.15, -0.1) is 0 Å². The molecular weight excluding hydrogens is 244 g/mol. The van der Waals surface area contributed by atoms with Crippen LogP contribution in [-0.2, 0) is 4.74 Å². The Labute approximate surface area is 112 Å². The van der Waals surface area contributed by atoms with Crippen molar-refractivity contribution in [1.82, 2.24) is 15.1 Å². The second kappa shape index (κ2) is 6.40. The van der Waals surface area contributed by atoms with E-state index < -0.39 is 0 Å². The first-order valence-corrected chi connectivity index (χ1v) is 6.23. The van der Waals surface area contributed by atoms with Gasteiger partial charge in [0.15, 0.2) is 0 Å². The Morgan fingerprint density at radius 1 is 1.37 bits per heavy atom. The summed E-state index contributed by atoms with van der Waals surface area (Å²) < 4.78 is 10.2. The Bertz CT molecular complexity index is 527. The Balaban J connectivity index is 2.06. The number of ether oxygens (including phenoxy) is 1. The molecule has 0 aliphatic rings. The number of methoxy groups -OCH3 is 1. The van der Waals surface area contributed by atoms with Crippen molar-refractivity contribution < 1.29 is 9.26 Å². The highest BCUT2D eigenvalue weighted by molar-refractivity contribution is 5.48. The summed E-state index contributed by atoms with van der Waals surface area (Å²) in [6.07, 6.45) is 1.61. The van der Waals surface area contributed by atoms with Gasteiger partial charge in [0.25, 0.3) is 0 Å². The lowest BCUT2D eigenvalue weighted by Crippen LogP contribution is -2.11. The van der Waals surface area contributed by atoms with Gasteiger partial charge >= 0.3 is 0 Å². The molecule has 2 aromatic rings. The topological polar surface area (TPSA) is 87.1 Å². The number of nitrogens with two attached hydrogens (primary N) is 1. The summed E-state index contributed by atoms with van der Waals surface area (Å²) in [6, 6.07) is 5.41. The maximum absolute atomic E-state index is 5.98. The first kappa shape index (κ1) is 13.6. The quantitative estimate of drug-likeness (QED) is 0.799. The second-order valence-electron chi connectivity index (χ2n) is 4.36. The number of hydrogen-bond acceptors (Lipinski definition) is 6. The molecule has 0 bridgehead atoms. The van der Waals surface area contributed by atoms with Crippen molar-refractivity contribution >= 4 is 0 Å². The van der Waals surface area contributed by atoms with Crippen molar-refractivity contribution in [1.29, 1.82) is 0 Å². The zero-order valence-electron chi connectivity index (χ0n) is 11.2. The van der Waals surface area contributed by atoms with Gasteiger partial charge in [0.1, 0.15) is 5.69 Å². The van der Waals surface area contributed by atoms with Crippen LogP contribution in [0.25, 0.3) is 11.5 Å². The van der Waals surface area contributed by atoms with Crippen LogP contribution in [-0.4, -0.2) is 28.8 Å². The van der Waals surface area contributed by atoms with E-state index in [0.29, 0.717) is 24.0 Å². The highest BCUT2D eigenvalue weighted by Crippen LogP contribution is 2.18. The maximum Gasteiger partial charge on any atom is 0.243 e. The number of nitrogens with zero attached hydrogens (tertiary/aromatic N) is 3. The third-order valence-corrected chi connectivity index (χ3v) is 2.74. The largest absolute Gasteiger partial charge is 0.385 e. The normalized spacial score (nSPS) is 12.6. The van der Waals surface area contributed by atoms with E-state index in [2.05, 4.69) is 15.1 Å². The third-order valence-electron chi connectivity index (χ3n) is 2.74. The molecule has 6 nitrogen and oxygen atoms in total. The number of pyridine rings is 1.